The second kappa shape index (κ2) is 7.99. The lowest BCUT2D eigenvalue weighted by molar-refractivity contribution is 0.412. The molecule has 1 atom stereocenters. The third-order valence-electron chi connectivity index (χ3n) is 5.85. The smallest absolute Gasteiger partial charge is 0.350 e. The van der Waals surface area contributed by atoms with Gasteiger partial charge in [-0.05, 0) is 37.8 Å². The number of aromatic nitrogens is 2. The summed E-state index contributed by atoms with van der Waals surface area (Å²) in [6.07, 6.45) is 2.90. The summed E-state index contributed by atoms with van der Waals surface area (Å²) in [5.74, 6) is 5.60. The number of hydrogen-bond acceptors (Lipinski definition) is 7. The molecule has 0 bridgehead atoms. The third-order valence-corrected chi connectivity index (χ3v) is 5.85. The van der Waals surface area contributed by atoms with Crippen LogP contribution in [-0.4, -0.2) is 42.5 Å². The number of halogens is 1. The van der Waals surface area contributed by atoms with E-state index in [-0.39, 0.29) is 22.9 Å². The normalized spacial score (nSPS) is 18.7. The molecule has 1 aromatic carbocycles. The van der Waals surface area contributed by atoms with E-state index in [0.717, 1.165) is 31.9 Å². The van der Waals surface area contributed by atoms with Crippen LogP contribution in [0.15, 0.2) is 15.7 Å². The molecule has 9 nitrogen and oxygen atoms in total. The van der Waals surface area contributed by atoms with E-state index in [1.54, 1.807) is 0 Å². The number of nitrogens with zero attached hydrogens (tertiary/aromatic N) is 4. The van der Waals surface area contributed by atoms with Crippen molar-refractivity contribution in [1.82, 2.24) is 14.6 Å². The van der Waals surface area contributed by atoms with Crippen LogP contribution in [0.4, 0.5) is 10.1 Å². The number of methoxy groups -OCH3 is 1. The lowest BCUT2D eigenvalue weighted by Gasteiger charge is -2.24. The van der Waals surface area contributed by atoms with Crippen molar-refractivity contribution in [2.24, 2.45) is 5.92 Å². The highest BCUT2D eigenvalue weighted by Crippen LogP contribution is 2.43. The summed E-state index contributed by atoms with van der Waals surface area (Å²) in [6, 6.07) is 3.19. The van der Waals surface area contributed by atoms with E-state index in [1.807, 2.05) is 4.90 Å². The number of fused-ring (bicyclic) bond motifs is 1. The maximum absolute atomic E-state index is 15.2. The number of ether oxygens (including phenoxy) is 1. The van der Waals surface area contributed by atoms with Gasteiger partial charge in [0.05, 0.1) is 18.6 Å². The van der Waals surface area contributed by atoms with Crippen molar-refractivity contribution in [3.8, 4) is 11.8 Å². The molecule has 0 spiro atoms. The van der Waals surface area contributed by atoms with Gasteiger partial charge in [0, 0.05) is 32.1 Å². The molecule has 4 rings (SSSR count). The van der Waals surface area contributed by atoms with Crippen molar-refractivity contribution in [3.63, 3.8) is 0 Å². The number of rotatable bonds is 7. The summed E-state index contributed by atoms with van der Waals surface area (Å²) in [5.41, 5.74) is -0.778. The number of nitriles is 1. The van der Waals surface area contributed by atoms with E-state index >= 15 is 4.39 Å². The zero-order valence-corrected chi connectivity index (χ0v) is 16.9. The number of nitrogen functional groups attached to an aromatic ring is 1. The van der Waals surface area contributed by atoms with Crippen LogP contribution in [0.25, 0.3) is 10.9 Å². The van der Waals surface area contributed by atoms with Gasteiger partial charge in [-0.1, -0.05) is 0 Å². The second-order valence-corrected chi connectivity index (χ2v) is 7.91. The van der Waals surface area contributed by atoms with Crippen molar-refractivity contribution in [2.45, 2.75) is 31.7 Å². The molecule has 1 unspecified atom stereocenters. The van der Waals surface area contributed by atoms with Crippen LogP contribution in [0, 0.1) is 23.1 Å². The second-order valence-electron chi connectivity index (χ2n) is 7.91. The Morgan fingerprint density at radius 1 is 1.37 bits per heavy atom. The van der Waals surface area contributed by atoms with E-state index in [9.17, 15) is 9.59 Å². The number of nitrogens with one attached hydrogen (secondary N) is 1. The fourth-order valence-corrected chi connectivity index (χ4v) is 4.25. The standard InChI is InChI=1S/C20H25FN6O3/c1-30-18-16-14(19(28)27(23)20(29)26(16)13-3-4-13)9-15(21)17(18)25-8-5-12(11-25)10-24-7-2-6-22/h9,12-13,24H,2-5,7-8,10-11,23H2,1H3. The Balaban J connectivity index is 1.77. The average Bonchev–Trinajstić information content (AvgIpc) is 3.47. The van der Waals surface area contributed by atoms with E-state index in [4.69, 9.17) is 15.8 Å². The Bertz CT molecular complexity index is 1130. The molecule has 1 aromatic heterocycles. The first-order valence-corrected chi connectivity index (χ1v) is 10.1. The Morgan fingerprint density at radius 3 is 2.80 bits per heavy atom. The lowest BCUT2D eigenvalue weighted by atomic mass is 10.1. The van der Waals surface area contributed by atoms with Crippen molar-refractivity contribution in [1.29, 1.82) is 5.26 Å². The molecule has 2 aromatic rings. The van der Waals surface area contributed by atoms with Gasteiger partial charge in [0.25, 0.3) is 5.56 Å². The maximum atomic E-state index is 15.2. The summed E-state index contributed by atoms with van der Waals surface area (Å²) in [4.78, 5) is 27.2. The Morgan fingerprint density at radius 2 is 2.13 bits per heavy atom. The SMILES string of the molecule is COc1c(N2CCC(CNCCC#N)C2)c(F)cc2c(=O)n(N)c(=O)n(C3CC3)c12. The lowest BCUT2D eigenvalue weighted by Crippen LogP contribution is -2.44. The summed E-state index contributed by atoms with van der Waals surface area (Å²) in [6.45, 7) is 2.60. The molecule has 0 radical (unpaired) electrons. The van der Waals surface area contributed by atoms with Crippen LogP contribution in [0.1, 0.15) is 31.7 Å². The highest BCUT2D eigenvalue weighted by Gasteiger charge is 2.34. The van der Waals surface area contributed by atoms with E-state index in [0.29, 0.717) is 42.2 Å². The van der Waals surface area contributed by atoms with E-state index in [2.05, 4.69) is 11.4 Å². The molecule has 1 aliphatic heterocycles. The fourth-order valence-electron chi connectivity index (χ4n) is 4.25. The van der Waals surface area contributed by atoms with Crippen molar-refractivity contribution >= 4 is 16.6 Å². The average molecular weight is 416 g/mol. The number of anilines is 1. The topological polar surface area (TPSA) is 118 Å². The predicted octanol–water partition coefficient (Wildman–Crippen LogP) is 0.689. The zero-order chi connectivity index (χ0) is 21.4. The molecule has 1 saturated heterocycles. The van der Waals surface area contributed by atoms with Crippen molar-refractivity contribution in [3.05, 3.63) is 32.7 Å². The molecule has 1 saturated carbocycles. The quantitative estimate of drug-likeness (QED) is 0.504. The molecule has 30 heavy (non-hydrogen) atoms. The molecule has 0 amide bonds. The van der Waals surface area contributed by atoms with Crippen LogP contribution >= 0.6 is 0 Å². The van der Waals surface area contributed by atoms with Crippen molar-refractivity contribution < 1.29 is 9.13 Å². The summed E-state index contributed by atoms with van der Waals surface area (Å²) in [7, 11) is 1.42. The highest BCUT2D eigenvalue weighted by atomic mass is 19.1. The largest absolute Gasteiger partial charge is 0.492 e. The molecule has 160 valence electrons. The van der Waals surface area contributed by atoms with Gasteiger partial charge in [0.15, 0.2) is 11.6 Å². The minimum absolute atomic E-state index is 0.0380. The van der Waals surface area contributed by atoms with Gasteiger partial charge in [-0.15, -0.1) is 0 Å². The van der Waals surface area contributed by atoms with Crippen LogP contribution in [0.3, 0.4) is 0 Å². The Kier molecular flexibility index (Phi) is 5.39. The first-order chi connectivity index (χ1) is 14.5. The van der Waals surface area contributed by atoms with Gasteiger partial charge in [-0.3, -0.25) is 9.36 Å². The van der Waals surface area contributed by atoms with E-state index < -0.39 is 17.1 Å². The molecule has 1 aliphatic carbocycles. The van der Waals surface area contributed by atoms with E-state index in [1.165, 1.54) is 11.7 Å². The number of hydrogen-bond donors (Lipinski definition) is 2. The number of benzene rings is 1. The van der Waals surface area contributed by atoms with Gasteiger partial charge < -0.3 is 20.8 Å². The molecule has 3 N–H and O–H groups in total. The fraction of sp³-hybridized carbons (Fsp3) is 0.550. The predicted molar refractivity (Wildman–Crippen MR) is 111 cm³/mol. The monoisotopic (exact) mass is 416 g/mol. The minimum Gasteiger partial charge on any atom is -0.492 e. The minimum atomic E-state index is -0.739. The van der Waals surface area contributed by atoms with Gasteiger partial charge in [0.1, 0.15) is 11.2 Å². The molecule has 2 heterocycles. The molecule has 2 fully saturated rings. The third kappa shape index (κ3) is 3.39. The highest BCUT2D eigenvalue weighted by molar-refractivity contribution is 5.91. The van der Waals surface area contributed by atoms with Gasteiger partial charge in [-0.25, -0.2) is 9.18 Å². The first kappa shape index (κ1) is 20.2. The van der Waals surface area contributed by atoms with Gasteiger partial charge >= 0.3 is 5.69 Å². The van der Waals surface area contributed by atoms with Gasteiger partial charge in [-0.2, -0.15) is 9.94 Å². The Labute approximate surface area is 172 Å². The summed E-state index contributed by atoms with van der Waals surface area (Å²) >= 11 is 0. The van der Waals surface area contributed by atoms with Gasteiger partial charge in [0.2, 0.25) is 0 Å². The first-order valence-electron chi connectivity index (χ1n) is 10.1. The van der Waals surface area contributed by atoms with Crippen LogP contribution in [0.2, 0.25) is 0 Å². The summed E-state index contributed by atoms with van der Waals surface area (Å²) in [5, 5.41) is 11.9. The number of nitrogens with two attached hydrogens (primary N) is 1. The Hall–Kier alpha value is -3.06. The molecular formula is C20H25FN6O3. The van der Waals surface area contributed by atoms with Crippen molar-refractivity contribution in [2.75, 3.05) is 44.0 Å². The molecule has 10 heteroatoms. The van der Waals surface area contributed by atoms with Crippen LogP contribution < -0.4 is 32.0 Å². The molecule has 2 aliphatic rings. The van der Waals surface area contributed by atoms with Crippen LogP contribution in [0.5, 0.6) is 5.75 Å². The summed E-state index contributed by atoms with van der Waals surface area (Å²) < 4.78 is 22.8. The zero-order valence-electron chi connectivity index (χ0n) is 16.9. The maximum Gasteiger partial charge on any atom is 0.350 e. The molecular weight excluding hydrogens is 391 g/mol. The van der Waals surface area contributed by atoms with Crippen LogP contribution in [-0.2, 0) is 0 Å².